The van der Waals surface area contributed by atoms with Crippen LogP contribution in [0.1, 0.15) is 36.8 Å². The molecular weight excluding hydrogens is 382 g/mol. The van der Waals surface area contributed by atoms with Crippen molar-refractivity contribution in [3.05, 3.63) is 69.9 Å². The zero-order chi connectivity index (χ0) is 19.6. The Kier molecular flexibility index (Phi) is 5.59. The maximum atomic E-state index is 12.7. The van der Waals surface area contributed by atoms with E-state index in [1.165, 1.54) is 11.3 Å². The topological polar surface area (TPSA) is 91.9 Å². The number of aryl methyl sites for hydroxylation is 2. The molecule has 0 saturated carbocycles. The van der Waals surface area contributed by atoms with Crippen molar-refractivity contribution in [2.45, 2.75) is 37.4 Å². The van der Waals surface area contributed by atoms with Gasteiger partial charge < -0.3 is 4.98 Å². The number of aromatic amines is 1. The number of hydrogen-bond donors (Lipinski definition) is 2. The summed E-state index contributed by atoms with van der Waals surface area (Å²) in [5, 5.41) is 0. The van der Waals surface area contributed by atoms with Crippen molar-refractivity contribution >= 4 is 21.4 Å². The summed E-state index contributed by atoms with van der Waals surface area (Å²) in [6.07, 6.45) is 2.25. The zero-order valence-corrected chi connectivity index (χ0v) is 16.9. The zero-order valence-electron chi connectivity index (χ0n) is 15.3. The van der Waals surface area contributed by atoms with E-state index in [1.54, 1.807) is 37.4 Å². The van der Waals surface area contributed by atoms with Crippen LogP contribution in [0.5, 0.6) is 0 Å². The summed E-state index contributed by atoms with van der Waals surface area (Å²) in [7, 11) is -3.67. The molecule has 27 heavy (non-hydrogen) atoms. The molecule has 0 aliphatic heterocycles. The van der Waals surface area contributed by atoms with Crippen LogP contribution in [0.4, 0.5) is 0 Å². The van der Waals surface area contributed by atoms with E-state index in [2.05, 4.69) is 14.7 Å². The van der Waals surface area contributed by atoms with Crippen molar-refractivity contribution < 1.29 is 8.42 Å². The van der Waals surface area contributed by atoms with Gasteiger partial charge in [-0.3, -0.25) is 9.78 Å². The number of H-pyrrole nitrogens is 1. The third-order valence-corrected chi connectivity index (χ3v) is 7.42. The van der Waals surface area contributed by atoms with E-state index in [4.69, 9.17) is 0 Å². The number of sulfonamides is 1. The summed E-state index contributed by atoms with van der Waals surface area (Å²) in [5.74, 6) is 0. The standard InChI is InChI=1S/C19H21N3O3S2/c1-4-14-11-15(12(2)21-19(14)23)17-8-9-18(26-17)27(24,25)22-13(3)16-7-5-6-10-20-16/h5-11,13,22H,4H2,1-3H3,(H,21,23). The van der Waals surface area contributed by atoms with E-state index in [1.807, 2.05) is 26.0 Å². The van der Waals surface area contributed by atoms with Crippen LogP contribution in [-0.4, -0.2) is 18.4 Å². The lowest BCUT2D eigenvalue weighted by molar-refractivity contribution is 0.566. The first-order valence-electron chi connectivity index (χ1n) is 8.58. The second-order valence-electron chi connectivity index (χ2n) is 6.23. The highest BCUT2D eigenvalue weighted by molar-refractivity contribution is 7.91. The van der Waals surface area contributed by atoms with E-state index in [0.717, 1.165) is 16.1 Å². The summed E-state index contributed by atoms with van der Waals surface area (Å²) >= 11 is 1.18. The van der Waals surface area contributed by atoms with Gasteiger partial charge in [-0.15, -0.1) is 11.3 Å². The molecule has 0 spiro atoms. The van der Waals surface area contributed by atoms with Gasteiger partial charge in [0.25, 0.3) is 15.6 Å². The highest BCUT2D eigenvalue weighted by atomic mass is 32.2. The van der Waals surface area contributed by atoms with Crippen molar-refractivity contribution in [3.8, 4) is 10.4 Å². The Morgan fingerprint density at radius 1 is 1.26 bits per heavy atom. The van der Waals surface area contributed by atoms with Crippen LogP contribution >= 0.6 is 11.3 Å². The Bertz CT molecular complexity index is 1100. The largest absolute Gasteiger partial charge is 0.326 e. The summed E-state index contributed by atoms with van der Waals surface area (Å²) in [5.41, 5.74) is 2.79. The van der Waals surface area contributed by atoms with E-state index >= 15 is 0 Å². The van der Waals surface area contributed by atoms with Crippen LogP contribution < -0.4 is 10.3 Å². The highest BCUT2D eigenvalue weighted by Crippen LogP contribution is 2.32. The third kappa shape index (κ3) is 4.18. The van der Waals surface area contributed by atoms with Crippen LogP contribution in [0, 0.1) is 6.92 Å². The molecule has 0 saturated heterocycles. The van der Waals surface area contributed by atoms with E-state index in [9.17, 15) is 13.2 Å². The van der Waals surface area contributed by atoms with Gasteiger partial charge in [0.05, 0.1) is 11.7 Å². The molecule has 0 aliphatic carbocycles. The molecule has 1 atom stereocenters. The Morgan fingerprint density at radius 2 is 2.04 bits per heavy atom. The molecule has 8 heteroatoms. The van der Waals surface area contributed by atoms with Crippen molar-refractivity contribution in [1.29, 1.82) is 0 Å². The predicted molar refractivity (Wildman–Crippen MR) is 107 cm³/mol. The van der Waals surface area contributed by atoms with Gasteiger partial charge in [-0.25, -0.2) is 13.1 Å². The quantitative estimate of drug-likeness (QED) is 0.660. The second kappa shape index (κ2) is 7.75. The van der Waals surface area contributed by atoms with Gasteiger partial charge in [-0.05, 0) is 50.6 Å². The Balaban J connectivity index is 1.90. The average Bonchev–Trinajstić information content (AvgIpc) is 3.13. The molecule has 0 fully saturated rings. The van der Waals surface area contributed by atoms with Gasteiger partial charge in [-0.2, -0.15) is 0 Å². The molecule has 3 aromatic rings. The normalized spacial score (nSPS) is 12.9. The molecule has 0 aliphatic rings. The number of hydrogen-bond acceptors (Lipinski definition) is 5. The third-order valence-electron chi connectivity index (χ3n) is 4.27. The minimum atomic E-state index is -3.67. The molecule has 3 rings (SSSR count). The fraction of sp³-hybridized carbons (Fsp3) is 0.263. The Hall–Kier alpha value is -2.29. The van der Waals surface area contributed by atoms with Crippen molar-refractivity contribution in [1.82, 2.24) is 14.7 Å². The van der Waals surface area contributed by atoms with Gasteiger partial charge in [0.1, 0.15) is 4.21 Å². The summed E-state index contributed by atoms with van der Waals surface area (Å²) < 4.78 is 28.4. The van der Waals surface area contributed by atoms with Crippen LogP contribution in [0.3, 0.4) is 0 Å². The second-order valence-corrected chi connectivity index (χ2v) is 9.26. The minimum absolute atomic E-state index is 0.103. The summed E-state index contributed by atoms with van der Waals surface area (Å²) in [4.78, 5) is 19.7. The molecule has 1 unspecified atom stereocenters. The smallest absolute Gasteiger partial charge is 0.251 e. The predicted octanol–water partition coefficient (Wildman–Crippen LogP) is 3.41. The van der Waals surface area contributed by atoms with E-state index in [0.29, 0.717) is 17.7 Å². The molecule has 2 N–H and O–H groups in total. The molecule has 0 radical (unpaired) electrons. The molecule has 0 amide bonds. The molecule has 0 bridgehead atoms. The van der Waals surface area contributed by atoms with Crippen molar-refractivity contribution in [2.24, 2.45) is 0 Å². The maximum Gasteiger partial charge on any atom is 0.251 e. The van der Waals surface area contributed by atoms with Gasteiger partial charge >= 0.3 is 0 Å². The first-order chi connectivity index (χ1) is 12.8. The van der Waals surface area contributed by atoms with Crippen LogP contribution in [0.15, 0.2) is 51.6 Å². The maximum absolute atomic E-state index is 12.7. The SMILES string of the molecule is CCc1cc(-c2ccc(S(=O)(=O)NC(C)c3ccccn3)s2)c(C)[nH]c1=O. The number of nitrogens with zero attached hydrogens (tertiary/aromatic N) is 1. The molecule has 3 heterocycles. The lowest BCUT2D eigenvalue weighted by Crippen LogP contribution is -2.26. The molecule has 0 aromatic carbocycles. The Morgan fingerprint density at radius 3 is 2.70 bits per heavy atom. The fourth-order valence-corrected chi connectivity index (χ4v) is 5.39. The number of thiophene rings is 1. The number of aromatic nitrogens is 2. The minimum Gasteiger partial charge on any atom is -0.326 e. The van der Waals surface area contributed by atoms with Crippen LogP contribution in [0.2, 0.25) is 0 Å². The number of pyridine rings is 2. The summed E-state index contributed by atoms with van der Waals surface area (Å²) in [6, 6.07) is 10.1. The molecule has 6 nitrogen and oxygen atoms in total. The van der Waals surface area contributed by atoms with Crippen LogP contribution in [0.25, 0.3) is 10.4 Å². The number of rotatable bonds is 6. The molecule has 142 valence electrons. The number of nitrogens with one attached hydrogen (secondary N) is 2. The monoisotopic (exact) mass is 403 g/mol. The van der Waals surface area contributed by atoms with Gasteiger partial charge in [0.15, 0.2) is 0 Å². The van der Waals surface area contributed by atoms with E-state index in [-0.39, 0.29) is 9.77 Å². The first-order valence-corrected chi connectivity index (χ1v) is 10.9. The van der Waals surface area contributed by atoms with Gasteiger partial charge in [-0.1, -0.05) is 13.0 Å². The molecule has 3 aromatic heterocycles. The van der Waals surface area contributed by atoms with Crippen molar-refractivity contribution in [2.75, 3.05) is 0 Å². The van der Waals surface area contributed by atoms with Gasteiger partial charge in [0.2, 0.25) is 0 Å². The van der Waals surface area contributed by atoms with Crippen molar-refractivity contribution in [3.63, 3.8) is 0 Å². The Labute approximate surface area is 162 Å². The highest BCUT2D eigenvalue weighted by Gasteiger charge is 2.22. The van der Waals surface area contributed by atoms with E-state index < -0.39 is 16.1 Å². The molecular formula is C19H21N3O3S2. The fourth-order valence-electron chi connectivity index (χ4n) is 2.78. The lowest BCUT2D eigenvalue weighted by Gasteiger charge is -2.12. The summed E-state index contributed by atoms with van der Waals surface area (Å²) in [6.45, 7) is 5.48. The average molecular weight is 404 g/mol. The van der Waals surface area contributed by atoms with Gasteiger partial charge in [0, 0.05) is 27.9 Å². The van der Waals surface area contributed by atoms with Crippen LogP contribution in [-0.2, 0) is 16.4 Å². The first kappa shape index (κ1) is 19.5. The lowest BCUT2D eigenvalue weighted by atomic mass is 10.1.